The van der Waals surface area contributed by atoms with Crippen LogP contribution in [0.4, 0.5) is 14.5 Å². The van der Waals surface area contributed by atoms with Crippen molar-refractivity contribution in [1.82, 2.24) is 24.7 Å². The Kier molecular flexibility index (Phi) is 10.7. The highest BCUT2D eigenvalue weighted by Gasteiger charge is 2.40. The van der Waals surface area contributed by atoms with Gasteiger partial charge in [-0.3, -0.25) is 29.1 Å². The highest BCUT2D eigenvalue weighted by atomic mass is 19.1. The van der Waals surface area contributed by atoms with Gasteiger partial charge in [-0.1, -0.05) is 12.1 Å². The minimum absolute atomic E-state index is 0.0710. The van der Waals surface area contributed by atoms with Gasteiger partial charge in [-0.05, 0) is 136 Å². The average molecular weight is 854 g/mol. The Hall–Kier alpha value is -6.50. The predicted octanol–water partition coefficient (Wildman–Crippen LogP) is 6.48. The number of anilines is 1. The Bertz CT molecular complexity index is 2730. The monoisotopic (exact) mass is 853 g/mol. The summed E-state index contributed by atoms with van der Waals surface area (Å²) in [5.74, 6) is -2.70. The zero-order valence-corrected chi connectivity index (χ0v) is 34.5. The molecular formula is C48H45F2N7O6. The van der Waals surface area contributed by atoms with Crippen LogP contribution in [0.25, 0.3) is 16.6 Å². The van der Waals surface area contributed by atoms with E-state index in [-0.39, 0.29) is 47.1 Å². The fourth-order valence-electron chi connectivity index (χ4n) is 9.94. The number of ether oxygens (including phenoxy) is 2. The number of nitriles is 1. The van der Waals surface area contributed by atoms with E-state index in [0.29, 0.717) is 41.7 Å². The average Bonchev–Trinajstić information content (AvgIpc) is 3.61. The van der Waals surface area contributed by atoms with Crippen LogP contribution in [0.15, 0.2) is 83.9 Å². The number of aromatic nitrogens is 2. The normalized spacial score (nSPS) is 22.2. The molecule has 1 atom stereocenters. The van der Waals surface area contributed by atoms with Crippen molar-refractivity contribution in [2.24, 2.45) is 0 Å². The molecule has 15 heteroatoms. The largest absolute Gasteiger partial charge is 0.453 e. The molecule has 1 N–H and O–H groups in total. The third kappa shape index (κ3) is 7.82. The summed E-state index contributed by atoms with van der Waals surface area (Å²) in [7, 11) is 0. The third-order valence-corrected chi connectivity index (χ3v) is 13.6. The molecule has 13 nitrogen and oxygen atoms in total. The fourth-order valence-corrected chi connectivity index (χ4v) is 9.94. The maximum absolute atomic E-state index is 14.5. The first-order chi connectivity index (χ1) is 30.6. The lowest BCUT2D eigenvalue weighted by molar-refractivity contribution is -0.136. The third-order valence-electron chi connectivity index (χ3n) is 13.6. The molecule has 1 aromatic heterocycles. The number of nitrogens with zero attached hydrogens (tertiary/aromatic N) is 6. The standard InChI is InChI=1S/C48H45F2N7O6/c49-40-8-9-41(50)45(39(40)25-51)63-35-6-10-42-38(24-35)48(61)57(27-52-42)31-3-1-28(2-4-31)29-13-17-55(18-14-29)33-22-36(23-33)62-34-15-19-54(20-16-34)32-5-7-37-30(21-32)26-56(47(37)60)43-11-12-44(58)53-46(43)59/h1-10,21,24,27,29,33-34,36,43H,11-20,22-23,26H2,(H,53,58,59)/t33?,36?,43-/m1/s1. The molecule has 1 saturated carbocycles. The number of hydrogen-bond acceptors (Lipinski definition) is 10. The van der Waals surface area contributed by atoms with Gasteiger partial charge >= 0.3 is 0 Å². The number of carbonyl (C=O) groups is 3. The highest BCUT2D eigenvalue weighted by Crippen LogP contribution is 2.38. The summed E-state index contributed by atoms with van der Waals surface area (Å²) in [6.07, 6.45) is 8.64. The molecule has 322 valence electrons. The smallest absolute Gasteiger partial charge is 0.265 e. The summed E-state index contributed by atoms with van der Waals surface area (Å²) in [6.45, 7) is 4.16. The number of amides is 3. The van der Waals surface area contributed by atoms with E-state index in [2.05, 4.69) is 38.3 Å². The van der Waals surface area contributed by atoms with Gasteiger partial charge in [0, 0.05) is 43.3 Å². The molecule has 5 aliphatic rings. The summed E-state index contributed by atoms with van der Waals surface area (Å²) >= 11 is 0. The fraction of sp³-hybridized carbons (Fsp3) is 0.375. The SMILES string of the molecule is N#Cc1c(F)ccc(F)c1Oc1ccc2ncn(-c3ccc(C4CCN(C5CC(OC6CCN(c7ccc8c(c7)CN([C@@H]7CCC(=O)NC7=O)C8=O)CC6)C5)CC4)cc3)c(=O)c2c1. The molecule has 0 radical (unpaired) electrons. The molecule has 4 aliphatic heterocycles. The lowest BCUT2D eigenvalue weighted by Gasteiger charge is -2.47. The molecule has 3 saturated heterocycles. The molecular weight excluding hydrogens is 809 g/mol. The van der Waals surface area contributed by atoms with Crippen molar-refractivity contribution >= 4 is 34.3 Å². The number of imide groups is 1. The van der Waals surface area contributed by atoms with E-state index in [0.717, 1.165) is 88.1 Å². The van der Waals surface area contributed by atoms with Crippen LogP contribution in [-0.2, 0) is 20.9 Å². The van der Waals surface area contributed by atoms with E-state index < -0.39 is 34.9 Å². The van der Waals surface area contributed by atoms with E-state index in [4.69, 9.17) is 9.47 Å². The summed E-state index contributed by atoms with van der Waals surface area (Å²) in [4.78, 5) is 61.8. The maximum Gasteiger partial charge on any atom is 0.265 e. The molecule has 4 aromatic carbocycles. The molecule has 4 fully saturated rings. The van der Waals surface area contributed by atoms with Crippen LogP contribution in [-0.4, -0.2) is 87.5 Å². The number of likely N-dealkylation sites (tertiary alicyclic amines) is 1. The van der Waals surface area contributed by atoms with E-state index in [9.17, 15) is 33.2 Å². The summed E-state index contributed by atoms with van der Waals surface area (Å²) in [5.41, 5.74) is 4.01. The second kappa shape index (κ2) is 16.7. The Labute approximate surface area is 361 Å². The van der Waals surface area contributed by atoms with Crippen LogP contribution in [0.5, 0.6) is 11.5 Å². The van der Waals surface area contributed by atoms with Gasteiger partial charge in [0.25, 0.3) is 11.5 Å². The number of benzene rings is 4. The van der Waals surface area contributed by atoms with Crippen LogP contribution in [0.1, 0.15) is 84.3 Å². The van der Waals surface area contributed by atoms with Crippen molar-refractivity contribution < 1.29 is 32.6 Å². The number of piperidine rings is 3. The number of nitrogens with one attached hydrogen (secondary N) is 1. The van der Waals surface area contributed by atoms with Gasteiger partial charge < -0.3 is 24.2 Å². The van der Waals surface area contributed by atoms with Crippen molar-refractivity contribution in [2.75, 3.05) is 31.1 Å². The van der Waals surface area contributed by atoms with E-state index in [1.54, 1.807) is 17.0 Å². The molecule has 5 aromatic rings. The van der Waals surface area contributed by atoms with Crippen molar-refractivity contribution in [3.8, 4) is 23.3 Å². The van der Waals surface area contributed by atoms with Crippen molar-refractivity contribution in [1.29, 1.82) is 5.26 Å². The van der Waals surface area contributed by atoms with Crippen LogP contribution >= 0.6 is 0 Å². The highest BCUT2D eigenvalue weighted by molar-refractivity contribution is 6.05. The number of halogens is 2. The van der Waals surface area contributed by atoms with Gasteiger partial charge in [-0.25, -0.2) is 13.8 Å². The Morgan fingerprint density at radius 3 is 2.29 bits per heavy atom. The second-order valence-corrected chi connectivity index (χ2v) is 17.3. The van der Waals surface area contributed by atoms with Gasteiger partial charge in [0.2, 0.25) is 11.8 Å². The van der Waals surface area contributed by atoms with Crippen LogP contribution in [0.2, 0.25) is 0 Å². The lowest BCUT2D eigenvalue weighted by Crippen LogP contribution is -2.52. The van der Waals surface area contributed by atoms with Gasteiger partial charge in [0.15, 0.2) is 11.6 Å². The quantitative estimate of drug-likeness (QED) is 0.163. The van der Waals surface area contributed by atoms with Gasteiger partial charge in [0.1, 0.15) is 35.6 Å². The van der Waals surface area contributed by atoms with Crippen molar-refractivity contribution in [3.05, 3.63) is 123 Å². The molecule has 0 bridgehead atoms. The topological polar surface area (TPSA) is 150 Å². The Morgan fingerprint density at radius 2 is 1.54 bits per heavy atom. The predicted molar refractivity (Wildman–Crippen MR) is 228 cm³/mol. The first-order valence-corrected chi connectivity index (χ1v) is 21.7. The van der Waals surface area contributed by atoms with Crippen molar-refractivity contribution in [2.45, 2.75) is 88.1 Å². The Balaban J connectivity index is 0.684. The van der Waals surface area contributed by atoms with E-state index >= 15 is 0 Å². The molecule has 1 aliphatic carbocycles. The number of fused-ring (bicyclic) bond motifs is 2. The molecule has 5 heterocycles. The van der Waals surface area contributed by atoms with E-state index in [1.807, 2.05) is 24.3 Å². The summed E-state index contributed by atoms with van der Waals surface area (Å²) in [5, 5.41) is 11.9. The maximum atomic E-state index is 14.5. The first-order valence-electron chi connectivity index (χ1n) is 21.7. The molecule has 10 rings (SSSR count). The lowest BCUT2D eigenvalue weighted by atomic mass is 9.83. The second-order valence-electron chi connectivity index (χ2n) is 17.3. The first kappa shape index (κ1) is 40.6. The zero-order chi connectivity index (χ0) is 43.4. The summed E-state index contributed by atoms with van der Waals surface area (Å²) in [6, 6.07) is 21.7. The van der Waals surface area contributed by atoms with Crippen LogP contribution < -0.4 is 20.5 Å². The molecule has 0 unspecified atom stereocenters. The zero-order valence-electron chi connectivity index (χ0n) is 34.5. The number of hydrogen-bond donors (Lipinski definition) is 1. The minimum Gasteiger partial charge on any atom is -0.453 e. The van der Waals surface area contributed by atoms with E-state index in [1.165, 1.54) is 28.6 Å². The van der Waals surface area contributed by atoms with Crippen molar-refractivity contribution in [3.63, 3.8) is 0 Å². The van der Waals surface area contributed by atoms with Crippen LogP contribution in [0, 0.1) is 23.0 Å². The van der Waals surface area contributed by atoms with Gasteiger partial charge in [-0.15, -0.1) is 0 Å². The molecule has 0 spiro atoms. The molecule has 3 amide bonds. The summed E-state index contributed by atoms with van der Waals surface area (Å²) < 4.78 is 42.3. The van der Waals surface area contributed by atoms with Crippen LogP contribution in [0.3, 0.4) is 0 Å². The van der Waals surface area contributed by atoms with Gasteiger partial charge in [-0.2, -0.15) is 5.26 Å². The number of carbonyl (C=O) groups excluding carboxylic acids is 3. The molecule has 63 heavy (non-hydrogen) atoms. The van der Waals surface area contributed by atoms with Gasteiger partial charge in [0.05, 0.1) is 28.8 Å². The number of rotatable bonds is 9. The minimum atomic E-state index is -0.907. The Morgan fingerprint density at radius 1 is 0.794 bits per heavy atom.